The summed E-state index contributed by atoms with van der Waals surface area (Å²) in [5.41, 5.74) is 2.02. The summed E-state index contributed by atoms with van der Waals surface area (Å²) in [4.78, 5) is 12.2. The molecular weight excluding hydrogens is 244 g/mol. The van der Waals surface area contributed by atoms with Gasteiger partial charge in [-0.1, -0.05) is 6.07 Å². The first-order chi connectivity index (χ1) is 8.33. The smallest absolute Gasteiger partial charge is 0.309 e. The molecule has 0 unspecified atom stereocenters. The monoisotopic (exact) mass is 266 g/mol. The van der Waals surface area contributed by atoms with Crippen LogP contribution in [0.2, 0.25) is 0 Å². The van der Waals surface area contributed by atoms with E-state index >= 15 is 0 Å². The number of thioether (sulfide) groups is 1. The van der Waals surface area contributed by atoms with Crippen molar-refractivity contribution in [2.45, 2.75) is 45.4 Å². The molecule has 0 radical (unpaired) electrons. The van der Waals surface area contributed by atoms with E-state index in [-0.39, 0.29) is 0 Å². The maximum Gasteiger partial charge on any atom is 0.309 e. The minimum atomic E-state index is -0.710. The zero-order valence-electron chi connectivity index (χ0n) is 11.6. The van der Waals surface area contributed by atoms with E-state index in [1.54, 1.807) is 25.6 Å². The van der Waals surface area contributed by atoms with Gasteiger partial charge in [-0.2, -0.15) is 0 Å². The van der Waals surface area contributed by atoms with Crippen molar-refractivity contribution in [3.05, 3.63) is 29.3 Å². The summed E-state index contributed by atoms with van der Waals surface area (Å²) in [5, 5.41) is 9.02. The summed E-state index contributed by atoms with van der Waals surface area (Å²) in [7, 11) is 0. The van der Waals surface area contributed by atoms with Gasteiger partial charge in [-0.15, -0.1) is 11.8 Å². The fraction of sp³-hybridized carbons (Fsp3) is 0.533. The molecule has 2 nitrogen and oxygen atoms in total. The van der Waals surface area contributed by atoms with Gasteiger partial charge < -0.3 is 5.11 Å². The van der Waals surface area contributed by atoms with Gasteiger partial charge in [0, 0.05) is 4.90 Å². The highest BCUT2D eigenvalue weighted by molar-refractivity contribution is 7.99. The Morgan fingerprint density at radius 3 is 2.50 bits per heavy atom. The molecule has 0 aliphatic heterocycles. The molecule has 0 saturated heterocycles. The van der Waals surface area contributed by atoms with Crippen molar-refractivity contribution < 1.29 is 9.90 Å². The van der Waals surface area contributed by atoms with Gasteiger partial charge in [0.25, 0.3) is 0 Å². The molecule has 0 heterocycles. The number of carbonyl (C=O) groups is 1. The maximum absolute atomic E-state index is 11.0. The summed E-state index contributed by atoms with van der Waals surface area (Å²) in [6.07, 6.45) is 1.65. The van der Waals surface area contributed by atoms with Gasteiger partial charge >= 0.3 is 5.97 Å². The largest absolute Gasteiger partial charge is 0.481 e. The van der Waals surface area contributed by atoms with Crippen LogP contribution in [0.1, 0.15) is 37.8 Å². The van der Waals surface area contributed by atoms with Gasteiger partial charge in [0.05, 0.1) is 5.41 Å². The summed E-state index contributed by atoms with van der Waals surface area (Å²) < 4.78 is 0. The van der Waals surface area contributed by atoms with Gasteiger partial charge in [-0.05, 0) is 69.5 Å². The fourth-order valence-corrected chi connectivity index (χ4v) is 2.56. The van der Waals surface area contributed by atoms with Crippen molar-refractivity contribution in [2.24, 2.45) is 5.41 Å². The summed E-state index contributed by atoms with van der Waals surface area (Å²) in [5.74, 6) is 0.262. The third-order valence-corrected chi connectivity index (χ3v) is 4.35. The molecule has 0 aliphatic carbocycles. The summed E-state index contributed by atoms with van der Waals surface area (Å²) in [6, 6.07) is 6.47. The highest BCUT2D eigenvalue weighted by Gasteiger charge is 2.25. The molecule has 1 rings (SSSR count). The van der Waals surface area contributed by atoms with E-state index in [1.807, 2.05) is 0 Å². The average Bonchev–Trinajstić information content (AvgIpc) is 2.29. The minimum absolute atomic E-state index is 0.607. The highest BCUT2D eigenvalue weighted by Crippen LogP contribution is 2.26. The normalized spacial score (nSPS) is 11.6. The second-order valence-corrected chi connectivity index (χ2v) is 6.56. The van der Waals surface area contributed by atoms with Crippen molar-refractivity contribution in [3.63, 3.8) is 0 Å². The quantitative estimate of drug-likeness (QED) is 0.616. The van der Waals surface area contributed by atoms with Gasteiger partial charge in [0.2, 0.25) is 0 Å². The average molecular weight is 266 g/mol. The van der Waals surface area contributed by atoms with Crippen LogP contribution in [0.5, 0.6) is 0 Å². The van der Waals surface area contributed by atoms with Crippen LogP contribution in [0, 0.1) is 19.3 Å². The molecule has 0 amide bonds. The molecule has 0 atom stereocenters. The molecule has 1 N–H and O–H groups in total. The Morgan fingerprint density at radius 2 is 1.94 bits per heavy atom. The molecule has 0 aromatic heterocycles. The van der Waals surface area contributed by atoms with Crippen LogP contribution in [0.3, 0.4) is 0 Å². The molecule has 0 bridgehead atoms. The second-order valence-electron chi connectivity index (χ2n) is 5.39. The van der Waals surface area contributed by atoms with Crippen molar-refractivity contribution >= 4 is 17.7 Å². The van der Waals surface area contributed by atoms with E-state index in [9.17, 15) is 4.79 Å². The Labute approximate surface area is 114 Å². The zero-order valence-corrected chi connectivity index (χ0v) is 12.4. The Hall–Kier alpha value is -0.960. The first-order valence-corrected chi connectivity index (χ1v) is 7.25. The molecule has 0 fully saturated rings. The summed E-state index contributed by atoms with van der Waals surface area (Å²) >= 11 is 1.80. The third kappa shape index (κ3) is 4.37. The number of carboxylic acid groups (broad SMARTS) is 1. The SMILES string of the molecule is Cc1ccc(SCCCC(C)(C)C(=O)O)cc1C. The number of hydrogen-bond donors (Lipinski definition) is 1. The highest BCUT2D eigenvalue weighted by atomic mass is 32.2. The lowest BCUT2D eigenvalue weighted by Gasteiger charge is -2.18. The number of aliphatic carboxylic acids is 1. The standard InChI is InChI=1S/C15H22O2S/c1-11-6-7-13(10-12(11)2)18-9-5-8-15(3,4)14(16)17/h6-7,10H,5,8-9H2,1-4H3,(H,16,17). The Bertz CT molecular complexity index is 425. The maximum atomic E-state index is 11.0. The van der Waals surface area contributed by atoms with Crippen molar-refractivity contribution in [2.75, 3.05) is 5.75 Å². The van der Waals surface area contributed by atoms with E-state index in [4.69, 9.17) is 5.11 Å². The molecule has 0 aliphatic rings. The van der Waals surface area contributed by atoms with Crippen LogP contribution < -0.4 is 0 Å². The first kappa shape index (κ1) is 15.1. The van der Waals surface area contributed by atoms with Gasteiger partial charge in [-0.25, -0.2) is 0 Å². The molecule has 18 heavy (non-hydrogen) atoms. The lowest BCUT2D eigenvalue weighted by Crippen LogP contribution is -2.23. The molecule has 1 aromatic rings. The predicted octanol–water partition coefficient (Wildman–Crippen LogP) is 4.29. The van der Waals surface area contributed by atoms with E-state index in [0.717, 1.165) is 18.6 Å². The van der Waals surface area contributed by atoms with E-state index in [1.165, 1.54) is 16.0 Å². The third-order valence-electron chi connectivity index (χ3n) is 3.27. The molecule has 100 valence electrons. The second kappa shape index (κ2) is 6.28. The lowest BCUT2D eigenvalue weighted by atomic mass is 9.88. The van der Waals surface area contributed by atoms with Crippen LogP contribution in [-0.4, -0.2) is 16.8 Å². The Balaban J connectivity index is 2.38. The fourth-order valence-electron chi connectivity index (χ4n) is 1.61. The summed E-state index contributed by atoms with van der Waals surface area (Å²) in [6.45, 7) is 7.80. The lowest BCUT2D eigenvalue weighted by molar-refractivity contribution is -0.147. The van der Waals surface area contributed by atoms with Gasteiger partial charge in [-0.3, -0.25) is 4.79 Å². The van der Waals surface area contributed by atoms with Crippen LogP contribution in [0.25, 0.3) is 0 Å². The van der Waals surface area contributed by atoms with Crippen LogP contribution in [0.4, 0.5) is 0 Å². The zero-order chi connectivity index (χ0) is 13.8. The van der Waals surface area contributed by atoms with E-state index in [2.05, 4.69) is 32.0 Å². The van der Waals surface area contributed by atoms with E-state index in [0.29, 0.717) is 0 Å². The van der Waals surface area contributed by atoms with Gasteiger partial charge in [0.1, 0.15) is 0 Å². The van der Waals surface area contributed by atoms with E-state index < -0.39 is 11.4 Å². The molecule has 0 saturated carbocycles. The minimum Gasteiger partial charge on any atom is -0.481 e. The molecule has 3 heteroatoms. The topological polar surface area (TPSA) is 37.3 Å². The van der Waals surface area contributed by atoms with Crippen LogP contribution in [0.15, 0.2) is 23.1 Å². The number of hydrogen-bond acceptors (Lipinski definition) is 2. The van der Waals surface area contributed by atoms with Crippen molar-refractivity contribution in [3.8, 4) is 0 Å². The number of benzene rings is 1. The predicted molar refractivity (Wildman–Crippen MR) is 77.3 cm³/mol. The van der Waals surface area contributed by atoms with Crippen LogP contribution >= 0.6 is 11.8 Å². The Kier molecular flexibility index (Phi) is 5.27. The number of rotatable bonds is 6. The van der Waals surface area contributed by atoms with Crippen LogP contribution in [-0.2, 0) is 4.79 Å². The molecular formula is C15H22O2S. The first-order valence-electron chi connectivity index (χ1n) is 6.26. The molecule has 0 spiro atoms. The Morgan fingerprint density at radius 1 is 1.28 bits per heavy atom. The van der Waals surface area contributed by atoms with Gasteiger partial charge in [0.15, 0.2) is 0 Å². The van der Waals surface area contributed by atoms with Crippen molar-refractivity contribution in [1.29, 1.82) is 0 Å². The van der Waals surface area contributed by atoms with Crippen molar-refractivity contribution in [1.82, 2.24) is 0 Å². The molecule has 1 aromatic carbocycles. The number of aryl methyl sites for hydroxylation is 2. The number of carboxylic acids is 1.